The van der Waals surface area contributed by atoms with Gasteiger partial charge in [-0.15, -0.1) is 0 Å². The second-order valence-corrected chi connectivity index (χ2v) is 7.11. The van der Waals surface area contributed by atoms with Crippen LogP contribution in [0.15, 0.2) is 23.1 Å². The van der Waals surface area contributed by atoms with Crippen LogP contribution in [-0.2, 0) is 22.9 Å². The first kappa shape index (κ1) is 16.8. The molecule has 1 heterocycles. The van der Waals surface area contributed by atoms with Crippen molar-refractivity contribution in [1.82, 2.24) is 10.2 Å². The van der Waals surface area contributed by atoms with E-state index in [2.05, 4.69) is 12.2 Å². The van der Waals surface area contributed by atoms with Crippen molar-refractivity contribution in [3.8, 4) is 0 Å². The Labute approximate surface area is 131 Å². The first-order valence-electron chi connectivity index (χ1n) is 7.59. The van der Waals surface area contributed by atoms with Crippen molar-refractivity contribution in [2.75, 3.05) is 19.6 Å². The first-order valence-corrected chi connectivity index (χ1v) is 9.14. The number of nitrogens with zero attached hydrogens (tertiary/aromatic N) is 1. The minimum absolute atomic E-state index is 0.0482. The average molecular weight is 325 g/mol. The van der Waals surface area contributed by atoms with Gasteiger partial charge in [-0.25, -0.2) is 18.4 Å². The highest BCUT2D eigenvalue weighted by Crippen LogP contribution is 2.19. The Kier molecular flexibility index (Phi) is 5.42. The summed E-state index contributed by atoms with van der Waals surface area (Å²) in [6.07, 6.45) is 3.38. The van der Waals surface area contributed by atoms with Crippen LogP contribution in [0.1, 0.15) is 30.9 Å². The van der Waals surface area contributed by atoms with Crippen LogP contribution < -0.4 is 10.5 Å². The molecule has 1 aromatic carbocycles. The molecule has 2 amide bonds. The number of rotatable bonds is 4. The third kappa shape index (κ3) is 4.20. The molecule has 0 aliphatic carbocycles. The molecule has 0 unspecified atom stereocenters. The van der Waals surface area contributed by atoms with Crippen LogP contribution in [-0.4, -0.2) is 39.0 Å². The second-order valence-electron chi connectivity index (χ2n) is 5.55. The maximum absolute atomic E-state index is 12.1. The van der Waals surface area contributed by atoms with Gasteiger partial charge in [-0.3, -0.25) is 0 Å². The summed E-state index contributed by atoms with van der Waals surface area (Å²) in [5, 5.41) is 8.08. The minimum atomic E-state index is -3.69. The molecule has 0 atom stereocenters. The molecule has 3 N–H and O–H groups in total. The van der Waals surface area contributed by atoms with E-state index in [-0.39, 0.29) is 10.9 Å². The predicted octanol–water partition coefficient (Wildman–Crippen LogP) is 1.24. The zero-order chi connectivity index (χ0) is 16.2. The van der Waals surface area contributed by atoms with Gasteiger partial charge in [0, 0.05) is 19.6 Å². The number of hydrogen-bond donors (Lipinski definition) is 2. The first-order chi connectivity index (χ1) is 10.4. The largest absolute Gasteiger partial charge is 0.338 e. The zero-order valence-corrected chi connectivity index (χ0v) is 13.7. The normalized spacial score (nSPS) is 15.1. The Morgan fingerprint density at radius 2 is 1.95 bits per heavy atom. The summed E-state index contributed by atoms with van der Waals surface area (Å²) >= 11 is 0. The summed E-state index contributed by atoms with van der Waals surface area (Å²) in [5.41, 5.74) is 2.03. The second kappa shape index (κ2) is 7.11. The highest BCUT2D eigenvalue weighted by molar-refractivity contribution is 7.89. The van der Waals surface area contributed by atoms with Crippen molar-refractivity contribution in [1.29, 1.82) is 0 Å². The van der Waals surface area contributed by atoms with Gasteiger partial charge in [-0.1, -0.05) is 19.4 Å². The van der Waals surface area contributed by atoms with Gasteiger partial charge in [-0.05, 0) is 42.5 Å². The molecule has 1 aliphatic rings. The Bertz CT molecular complexity index is 643. The van der Waals surface area contributed by atoms with Gasteiger partial charge in [0.25, 0.3) is 0 Å². The average Bonchev–Trinajstić information content (AvgIpc) is 2.68. The Balaban J connectivity index is 2.05. The number of sulfonamides is 1. The van der Waals surface area contributed by atoms with E-state index >= 15 is 0 Å². The number of urea groups is 1. The number of nitrogens with one attached hydrogen (secondary N) is 1. The van der Waals surface area contributed by atoms with E-state index in [1.54, 1.807) is 17.0 Å². The number of carbonyl (C=O) groups is 1. The monoisotopic (exact) mass is 325 g/mol. The number of fused-ring (bicyclic) bond motifs is 1. The van der Waals surface area contributed by atoms with Gasteiger partial charge in [0.05, 0.1) is 4.90 Å². The Hall–Kier alpha value is -1.60. The summed E-state index contributed by atoms with van der Waals surface area (Å²) < 4.78 is 22.9. The fourth-order valence-electron chi connectivity index (χ4n) is 2.57. The summed E-state index contributed by atoms with van der Waals surface area (Å²) in [7, 11) is -3.69. The standard InChI is InChI=1S/C15H23N3O3S/c1-2-3-8-17-15(19)18-9-6-12-4-5-14(22(16,20)21)11-13(12)7-10-18/h4-5,11H,2-3,6-10H2,1H3,(H,17,19)(H2,16,20,21). The highest BCUT2D eigenvalue weighted by atomic mass is 32.2. The lowest BCUT2D eigenvalue weighted by atomic mass is 10.0. The van der Waals surface area contributed by atoms with Crippen LogP contribution in [0.4, 0.5) is 4.79 Å². The maximum atomic E-state index is 12.1. The summed E-state index contributed by atoms with van der Waals surface area (Å²) in [6.45, 7) is 3.99. The maximum Gasteiger partial charge on any atom is 0.317 e. The molecule has 1 aliphatic heterocycles. The Morgan fingerprint density at radius 1 is 1.27 bits per heavy atom. The molecule has 0 bridgehead atoms. The van der Waals surface area contributed by atoms with Crippen LogP contribution in [0, 0.1) is 0 Å². The predicted molar refractivity (Wildman–Crippen MR) is 85.1 cm³/mol. The SMILES string of the molecule is CCCCNC(=O)N1CCc2ccc(S(N)(=O)=O)cc2CC1. The van der Waals surface area contributed by atoms with E-state index in [9.17, 15) is 13.2 Å². The fraction of sp³-hybridized carbons (Fsp3) is 0.533. The highest BCUT2D eigenvalue weighted by Gasteiger charge is 2.19. The quantitative estimate of drug-likeness (QED) is 0.816. The van der Waals surface area contributed by atoms with Crippen molar-refractivity contribution in [3.05, 3.63) is 29.3 Å². The Morgan fingerprint density at radius 3 is 2.59 bits per heavy atom. The number of nitrogens with two attached hydrogens (primary N) is 1. The van der Waals surface area contributed by atoms with Crippen molar-refractivity contribution < 1.29 is 13.2 Å². The molecule has 122 valence electrons. The van der Waals surface area contributed by atoms with Gasteiger partial charge in [0.15, 0.2) is 0 Å². The number of hydrogen-bond acceptors (Lipinski definition) is 3. The van der Waals surface area contributed by atoms with Crippen LogP contribution >= 0.6 is 0 Å². The van der Waals surface area contributed by atoms with E-state index in [1.807, 2.05) is 0 Å². The zero-order valence-electron chi connectivity index (χ0n) is 12.8. The molecule has 6 nitrogen and oxygen atoms in total. The molecule has 22 heavy (non-hydrogen) atoms. The summed E-state index contributed by atoms with van der Waals surface area (Å²) in [4.78, 5) is 14.0. The van der Waals surface area contributed by atoms with E-state index in [1.165, 1.54) is 6.07 Å². The van der Waals surface area contributed by atoms with E-state index < -0.39 is 10.0 Å². The van der Waals surface area contributed by atoms with Crippen LogP contribution in [0.25, 0.3) is 0 Å². The van der Waals surface area contributed by atoms with Crippen molar-refractivity contribution in [3.63, 3.8) is 0 Å². The number of unbranched alkanes of at least 4 members (excludes halogenated alkanes) is 1. The lowest BCUT2D eigenvalue weighted by Crippen LogP contribution is -2.41. The van der Waals surface area contributed by atoms with Gasteiger partial charge >= 0.3 is 6.03 Å². The minimum Gasteiger partial charge on any atom is -0.338 e. The van der Waals surface area contributed by atoms with Gasteiger partial charge in [-0.2, -0.15) is 0 Å². The molecule has 0 aromatic heterocycles. The molecule has 0 saturated carbocycles. The van der Waals surface area contributed by atoms with E-state index in [0.29, 0.717) is 26.1 Å². The fourth-order valence-corrected chi connectivity index (χ4v) is 3.13. The molecule has 7 heteroatoms. The molecule has 1 aromatic rings. The smallest absolute Gasteiger partial charge is 0.317 e. The molecule has 0 fully saturated rings. The summed E-state index contributed by atoms with van der Waals surface area (Å²) in [6, 6.07) is 4.91. The van der Waals surface area contributed by atoms with E-state index in [4.69, 9.17) is 5.14 Å². The number of benzene rings is 1. The van der Waals surface area contributed by atoms with Crippen LogP contribution in [0.5, 0.6) is 0 Å². The van der Waals surface area contributed by atoms with E-state index in [0.717, 1.165) is 30.4 Å². The molecule has 0 spiro atoms. The van der Waals surface area contributed by atoms with Crippen molar-refractivity contribution in [2.45, 2.75) is 37.5 Å². The molecular weight excluding hydrogens is 302 g/mol. The van der Waals surface area contributed by atoms with Gasteiger partial charge < -0.3 is 10.2 Å². The van der Waals surface area contributed by atoms with Crippen molar-refractivity contribution >= 4 is 16.1 Å². The van der Waals surface area contributed by atoms with Gasteiger partial charge in [0.2, 0.25) is 10.0 Å². The summed E-state index contributed by atoms with van der Waals surface area (Å²) in [5.74, 6) is 0. The van der Waals surface area contributed by atoms with Crippen LogP contribution in [0.2, 0.25) is 0 Å². The van der Waals surface area contributed by atoms with Gasteiger partial charge in [0.1, 0.15) is 0 Å². The lowest BCUT2D eigenvalue weighted by Gasteiger charge is -2.20. The molecule has 2 rings (SSSR count). The molecular formula is C15H23N3O3S. The molecule has 0 saturated heterocycles. The topological polar surface area (TPSA) is 92.5 Å². The third-order valence-corrected chi connectivity index (χ3v) is 4.81. The lowest BCUT2D eigenvalue weighted by molar-refractivity contribution is 0.200. The third-order valence-electron chi connectivity index (χ3n) is 3.90. The number of amides is 2. The van der Waals surface area contributed by atoms with Crippen molar-refractivity contribution in [2.24, 2.45) is 5.14 Å². The number of primary sulfonamides is 1. The molecule has 0 radical (unpaired) electrons. The van der Waals surface area contributed by atoms with Crippen LogP contribution in [0.3, 0.4) is 0 Å². The number of carbonyl (C=O) groups excluding carboxylic acids is 1.